The first-order valence-corrected chi connectivity index (χ1v) is 7.84. The van der Waals surface area contributed by atoms with Crippen molar-refractivity contribution in [2.24, 2.45) is 0 Å². The summed E-state index contributed by atoms with van der Waals surface area (Å²) in [4.78, 5) is 39.2. The highest BCUT2D eigenvalue weighted by molar-refractivity contribution is 5.97. The number of aromatic nitrogens is 1. The molecule has 26 heavy (non-hydrogen) atoms. The van der Waals surface area contributed by atoms with Crippen molar-refractivity contribution in [2.45, 2.75) is 13.0 Å². The van der Waals surface area contributed by atoms with Gasteiger partial charge in [-0.15, -0.1) is 0 Å². The van der Waals surface area contributed by atoms with Crippen molar-refractivity contribution >= 4 is 28.5 Å². The smallest absolute Gasteiger partial charge is 0.355 e. The van der Waals surface area contributed by atoms with Crippen LogP contribution in [-0.2, 0) is 9.53 Å². The number of rotatable bonds is 4. The van der Waals surface area contributed by atoms with Gasteiger partial charge in [-0.2, -0.15) is 0 Å². The molecule has 1 unspecified atom stereocenters. The zero-order valence-electron chi connectivity index (χ0n) is 13.8. The Morgan fingerprint density at radius 1 is 1.12 bits per heavy atom. The normalized spacial score (nSPS) is 11.8. The monoisotopic (exact) mass is 354 g/mol. The fourth-order valence-electron chi connectivity index (χ4n) is 2.38. The average Bonchev–Trinajstić information content (AvgIpc) is 2.63. The fraction of sp³-hybridized carbons (Fsp3) is 0.105. The number of fused-ring (bicyclic) bond motifs is 1. The maximum Gasteiger partial charge on any atom is 0.355 e. The molecule has 1 atom stereocenters. The lowest BCUT2D eigenvalue weighted by molar-refractivity contribution is -0.123. The summed E-state index contributed by atoms with van der Waals surface area (Å²) in [5.74, 6) is -2.14. The van der Waals surface area contributed by atoms with Crippen LogP contribution in [0.25, 0.3) is 10.9 Å². The van der Waals surface area contributed by atoms with Gasteiger partial charge in [-0.25, -0.2) is 9.18 Å². The summed E-state index contributed by atoms with van der Waals surface area (Å²) in [7, 11) is 0. The van der Waals surface area contributed by atoms with E-state index in [9.17, 15) is 18.8 Å². The number of aromatic amines is 1. The number of carbonyl (C=O) groups is 2. The van der Waals surface area contributed by atoms with Gasteiger partial charge in [0.15, 0.2) is 11.5 Å². The van der Waals surface area contributed by atoms with Crippen LogP contribution < -0.4 is 10.7 Å². The van der Waals surface area contributed by atoms with Crippen molar-refractivity contribution in [1.29, 1.82) is 0 Å². The number of esters is 1. The molecule has 0 aliphatic rings. The van der Waals surface area contributed by atoms with Gasteiger partial charge in [-0.1, -0.05) is 24.3 Å². The topological polar surface area (TPSA) is 88.3 Å². The number of hydrogen-bond donors (Lipinski definition) is 2. The molecule has 132 valence electrons. The molecule has 2 aromatic carbocycles. The van der Waals surface area contributed by atoms with Crippen molar-refractivity contribution in [2.75, 3.05) is 5.32 Å². The molecule has 0 saturated heterocycles. The molecule has 7 heteroatoms. The van der Waals surface area contributed by atoms with Crippen molar-refractivity contribution in [3.63, 3.8) is 0 Å². The van der Waals surface area contributed by atoms with Crippen molar-refractivity contribution in [1.82, 2.24) is 4.98 Å². The molecule has 1 amide bonds. The van der Waals surface area contributed by atoms with E-state index < -0.39 is 23.8 Å². The maximum absolute atomic E-state index is 13.6. The Hall–Kier alpha value is -3.48. The Labute approximate surface area is 147 Å². The fourth-order valence-corrected chi connectivity index (χ4v) is 2.38. The Kier molecular flexibility index (Phi) is 4.79. The zero-order chi connectivity index (χ0) is 18.7. The Morgan fingerprint density at radius 2 is 1.81 bits per heavy atom. The molecular formula is C19H15FN2O4. The first kappa shape index (κ1) is 17.3. The standard InChI is InChI=1S/C19H15FN2O4/c1-11(18(24)22-15-9-5-3-7-13(15)20)26-19(25)16-10-17(23)12-6-2-4-8-14(12)21-16/h2-11H,1H3,(H,21,23)(H,22,24). The van der Waals surface area contributed by atoms with Gasteiger partial charge in [0.2, 0.25) is 0 Å². The van der Waals surface area contributed by atoms with Gasteiger partial charge in [-0.3, -0.25) is 9.59 Å². The van der Waals surface area contributed by atoms with E-state index in [-0.39, 0.29) is 16.8 Å². The minimum atomic E-state index is -1.18. The summed E-state index contributed by atoms with van der Waals surface area (Å²) in [6.07, 6.45) is -1.18. The Bertz CT molecular complexity index is 1040. The molecule has 0 bridgehead atoms. The first-order chi connectivity index (χ1) is 12.5. The third-order valence-electron chi connectivity index (χ3n) is 3.74. The zero-order valence-corrected chi connectivity index (χ0v) is 13.8. The summed E-state index contributed by atoms with van der Waals surface area (Å²) >= 11 is 0. The van der Waals surface area contributed by atoms with E-state index >= 15 is 0 Å². The quantitative estimate of drug-likeness (QED) is 0.705. The van der Waals surface area contributed by atoms with E-state index in [0.717, 1.165) is 6.07 Å². The van der Waals surface area contributed by atoms with Gasteiger partial charge in [0.1, 0.15) is 11.5 Å². The van der Waals surface area contributed by atoms with E-state index in [0.29, 0.717) is 10.9 Å². The van der Waals surface area contributed by atoms with Crippen LogP contribution in [0.2, 0.25) is 0 Å². The molecule has 0 spiro atoms. The van der Waals surface area contributed by atoms with Gasteiger partial charge < -0.3 is 15.0 Å². The largest absolute Gasteiger partial charge is 0.448 e. The summed E-state index contributed by atoms with van der Waals surface area (Å²) in [6.45, 7) is 1.35. The molecule has 0 aliphatic heterocycles. The van der Waals surface area contributed by atoms with E-state index in [1.807, 2.05) is 0 Å². The highest BCUT2D eigenvalue weighted by Crippen LogP contribution is 2.14. The number of para-hydroxylation sites is 2. The summed E-state index contributed by atoms with van der Waals surface area (Å²) in [5, 5.41) is 2.78. The lowest BCUT2D eigenvalue weighted by Gasteiger charge is -2.14. The number of benzene rings is 2. The van der Waals surface area contributed by atoms with Crippen molar-refractivity contribution in [3.8, 4) is 0 Å². The minimum absolute atomic E-state index is 0.0143. The number of nitrogens with one attached hydrogen (secondary N) is 2. The second-order valence-electron chi connectivity index (χ2n) is 5.61. The number of carbonyl (C=O) groups excluding carboxylic acids is 2. The number of hydrogen-bond acceptors (Lipinski definition) is 4. The first-order valence-electron chi connectivity index (χ1n) is 7.84. The van der Waals surface area contributed by atoms with E-state index in [1.54, 1.807) is 30.3 Å². The van der Waals surface area contributed by atoms with Crippen molar-refractivity contribution < 1.29 is 18.7 Å². The van der Waals surface area contributed by atoms with E-state index in [2.05, 4.69) is 10.3 Å². The van der Waals surface area contributed by atoms with Crippen LogP contribution in [0.15, 0.2) is 59.4 Å². The van der Waals surface area contributed by atoms with Crippen LogP contribution in [0.1, 0.15) is 17.4 Å². The summed E-state index contributed by atoms with van der Waals surface area (Å²) in [5.41, 5.74) is 0.0592. The van der Waals surface area contributed by atoms with Gasteiger partial charge in [0.25, 0.3) is 5.91 Å². The highest BCUT2D eigenvalue weighted by atomic mass is 19.1. The molecule has 0 radical (unpaired) electrons. The minimum Gasteiger partial charge on any atom is -0.448 e. The molecule has 1 aromatic heterocycles. The van der Waals surface area contributed by atoms with Gasteiger partial charge in [0.05, 0.1) is 5.69 Å². The molecule has 1 heterocycles. The van der Waals surface area contributed by atoms with Gasteiger partial charge in [0, 0.05) is 17.0 Å². The molecule has 3 rings (SSSR count). The van der Waals surface area contributed by atoms with Crippen LogP contribution >= 0.6 is 0 Å². The van der Waals surface area contributed by atoms with E-state index in [4.69, 9.17) is 4.74 Å². The molecule has 0 saturated carbocycles. The molecule has 3 aromatic rings. The lowest BCUT2D eigenvalue weighted by atomic mass is 10.2. The second-order valence-corrected chi connectivity index (χ2v) is 5.61. The summed E-state index contributed by atoms with van der Waals surface area (Å²) < 4.78 is 18.6. The third-order valence-corrected chi connectivity index (χ3v) is 3.74. The van der Waals surface area contributed by atoms with Crippen LogP contribution in [0.5, 0.6) is 0 Å². The predicted molar refractivity (Wildman–Crippen MR) is 94.5 cm³/mol. The third kappa shape index (κ3) is 3.61. The summed E-state index contributed by atoms with van der Waals surface area (Å²) in [6, 6.07) is 13.5. The van der Waals surface area contributed by atoms with Gasteiger partial charge >= 0.3 is 5.97 Å². The van der Waals surface area contributed by atoms with Gasteiger partial charge in [-0.05, 0) is 31.2 Å². The number of pyridine rings is 1. The molecule has 2 N–H and O–H groups in total. The SMILES string of the molecule is CC(OC(=O)c1cc(=O)c2ccccc2[nH]1)C(=O)Nc1ccccc1F. The van der Waals surface area contributed by atoms with Crippen LogP contribution in [0.4, 0.5) is 10.1 Å². The number of amides is 1. The molecule has 6 nitrogen and oxygen atoms in total. The lowest BCUT2D eigenvalue weighted by Crippen LogP contribution is -2.30. The Balaban J connectivity index is 1.74. The number of halogens is 1. The second kappa shape index (κ2) is 7.18. The number of anilines is 1. The number of H-pyrrole nitrogens is 1. The molecule has 0 aliphatic carbocycles. The molecular weight excluding hydrogens is 339 g/mol. The maximum atomic E-state index is 13.6. The highest BCUT2D eigenvalue weighted by Gasteiger charge is 2.21. The van der Waals surface area contributed by atoms with Crippen molar-refractivity contribution in [3.05, 3.63) is 76.3 Å². The van der Waals surface area contributed by atoms with Crippen LogP contribution in [0.3, 0.4) is 0 Å². The molecule has 0 fully saturated rings. The number of ether oxygens (including phenoxy) is 1. The average molecular weight is 354 g/mol. The predicted octanol–water partition coefficient (Wildman–Crippen LogP) is 2.85. The van der Waals surface area contributed by atoms with Crippen LogP contribution in [0, 0.1) is 5.82 Å². The van der Waals surface area contributed by atoms with Crippen LogP contribution in [-0.4, -0.2) is 23.0 Å². The Morgan fingerprint density at radius 3 is 2.58 bits per heavy atom. The van der Waals surface area contributed by atoms with E-state index in [1.165, 1.54) is 25.1 Å².